The number of hydrogen-bond acceptors (Lipinski definition) is 4. The molecule has 1 aromatic heterocycles. The number of thiophene rings is 1. The molecule has 0 radical (unpaired) electrons. The van der Waals surface area contributed by atoms with E-state index in [4.69, 9.17) is 0 Å². The number of rotatable bonds is 4. The van der Waals surface area contributed by atoms with E-state index in [2.05, 4.69) is 5.32 Å². The van der Waals surface area contributed by atoms with Crippen molar-refractivity contribution < 1.29 is 33.0 Å². The summed E-state index contributed by atoms with van der Waals surface area (Å²) in [4.78, 5) is 24.2. The Labute approximate surface area is 167 Å². The van der Waals surface area contributed by atoms with Crippen LogP contribution in [0.15, 0.2) is 29.6 Å². The summed E-state index contributed by atoms with van der Waals surface area (Å²) in [5.74, 6) is -5.95. The zero-order chi connectivity index (χ0) is 21.5. The van der Waals surface area contributed by atoms with Crippen LogP contribution in [0.1, 0.15) is 31.8 Å². The summed E-state index contributed by atoms with van der Waals surface area (Å²) in [5, 5.41) is 22.8. The van der Waals surface area contributed by atoms with Crippen molar-refractivity contribution in [2.75, 3.05) is 5.32 Å². The minimum Gasteiger partial charge on any atom is -0.507 e. The highest BCUT2D eigenvalue weighted by Crippen LogP contribution is 2.38. The number of hydrogen-bond donors (Lipinski definition) is 3. The number of aryl methyl sites for hydroxylation is 2. The second-order valence-corrected chi connectivity index (χ2v) is 7.17. The number of amides is 1. The molecule has 3 aromatic rings. The maximum absolute atomic E-state index is 14.3. The van der Waals surface area contributed by atoms with Gasteiger partial charge in [0.05, 0.1) is 5.56 Å². The van der Waals surface area contributed by atoms with E-state index in [1.165, 1.54) is 31.4 Å². The third kappa shape index (κ3) is 3.68. The number of benzene rings is 2. The zero-order valence-electron chi connectivity index (χ0n) is 15.1. The summed E-state index contributed by atoms with van der Waals surface area (Å²) in [6.07, 6.45) is 0. The van der Waals surface area contributed by atoms with Gasteiger partial charge in [0.15, 0.2) is 11.6 Å². The van der Waals surface area contributed by atoms with Crippen LogP contribution in [0.2, 0.25) is 0 Å². The number of halogens is 3. The van der Waals surface area contributed by atoms with E-state index in [0.717, 1.165) is 23.5 Å². The molecule has 0 bridgehead atoms. The van der Waals surface area contributed by atoms with Gasteiger partial charge in [0.25, 0.3) is 5.91 Å². The Bertz CT molecular complexity index is 1160. The zero-order valence-corrected chi connectivity index (χ0v) is 16.0. The topological polar surface area (TPSA) is 86.6 Å². The molecule has 2 aromatic carbocycles. The summed E-state index contributed by atoms with van der Waals surface area (Å²) in [7, 11) is 0. The molecule has 29 heavy (non-hydrogen) atoms. The number of phenolic OH excluding ortho intramolecular Hbond substituents is 1. The molecule has 0 aliphatic heterocycles. The fourth-order valence-corrected chi connectivity index (χ4v) is 3.68. The fraction of sp³-hybridized carbons (Fsp3) is 0.100. The van der Waals surface area contributed by atoms with Gasteiger partial charge in [-0.15, -0.1) is 11.3 Å². The highest BCUT2D eigenvalue weighted by molar-refractivity contribution is 7.15. The lowest BCUT2D eigenvalue weighted by Crippen LogP contribution is -2.14. The molecular formula is C20H14F3NO4S. The molecule has 0 aliphatic rings. The molecule has 3 rings (SSSR count). The molecule has 1 heterocycles. The van der Waals surface area contributed by atoms with Crippen LogP contribution in [0.25, 0.3) is 11.1 Å². The van der Waals surface area contributed by atoms with E-state index >= 15 is 0 Å². The van der Waals surface area contributed by atoms with Crippen molar-refractivity contribution in [3.05, 3.63) is 69.4 Å². The predicted molar refractivity (Wildman–Crippen MR) is 102 cm³/mol. The van der Waals surface area contributed by atoms with Gasteiger partial charge in [-0.1, -0.05) is 12.1 Å². The summed E-state index contributed by atoms with van der Waals surface area (Å²) < 4.78 is 42.0. The van der Waals surface area contributed by atoms with Gasteiger partial charge in [-0.05, 0) is 37.1 Å². The van der Waals surface area contributed by atoms with Crippen LogP contribution in [0.3, 0.4) is 0 Å². The first-order valence-electron chi connectivity index (χ1n) is 8.22. The number of carbonyl (C=O) groups is 2. The number of phenols is 1. The summed E-state index contributed by atoms with van der Waals surface area (Å²) >= 11 is 0.777. The first kappa shape index (κ1) is 20.4. The molecule has 0 unspecified atom stereocenters. The lowest BCUT2D eigenvalue weighted by Gasteiger charge is -2.09. The van der Waals surface area contributed by atoms with Gasteiger partial charge >= 0.3 is 5.97 Å². The molecule has 0 fully saturated rings. The largest absolute Gasteiger partial charge is 0.507 e. The van der Waals surface area contributed by atoms with Crippen LogP contribution < -0.4 is 5.32 Å². The smallest absolute Gasteiger partial charge is 0.339 e. The lowest BCUT2D eigenvalue weighted by molar-refractivity contribution is 0.0699. The minimum absolute atomic E-state index is 0.0590. The fourth-order valence-electron chi connectivity index (χ4n) is 2.73. The number of carboxylic acids is 1. The normalized spacial score (nSPS) is 10.8. The first-order chi connectivity index (χ1) is 13.6. The first-order valence-corrected chi connectivity index (χ1v) is 9.10. The number of carbonyl (C=O) groups excluding carboxylic acids is 1. The summed E-state index contributed by atoms with van der Waals surface area (Å²) in [6, 6.07) is 4.44. The molecular weight excluding hydrogens is 407 g/mol. The van der Waals surface area contributed by atoms with Gasteiger partial charge in [0, 0.05) is 16.5 Å². The van der Waals surface area contributed by atoms with Crippen LogP contribution in [0.4, 0.5) is 18.2 Å². The van der Waals surface area contributed by atoms with Crippen molar-refractivity contribution in [2.24, 2.45) is 0 Å². The Kier molecular flexibility index (Phi) is 5.34. The van der Waals surface area contributed by atoms with Gasteiger partial charge in [-0.3, -0.25) is 4.79 Å². The molecule has 3 N–H and O–H groups in total. The SMILES string of the molecule is Cc1cc(O)c(C(=O)Nc2scc(-c3ccc(C)c(F)c3F)c2C(=O)O)cc1F. The number of anilines is 1. The average molecular weight is 421 g/mol. The molecule has 0 aliphatic carbocycles. The average Bonchev–Trinajstić information content (AvgIpc) is 3.06. The van der Waals surface area contributed by atoms with Gasteiger partial charge in [-0.25, -0.2) is 18.0 Å². The number of nitrogens with one attached hydrogen (secondary N) is 1. The van der Waals surface area contributed by atoms with E-state index in [0.29, 0.717) is 0 Å². The summed E-state index contributed by atoms with van der Waals surface area (Å²) in [5.41, 5.74) is -1.05. The Hall–Kier alpha value is -3.33. The molecule has 0 saturated heterocycles. The predicted octanol–water partition coefficient (Wildman–Crippen LogP) is 5.11. The second-order valence-electron chi connectivity index (χ2n) is 6.29. The maximum atomic E-state index is 14.3. The van der Waals surface area contributed by atoms with Crippen LogP contribution in [0.5, 0.6) is 5.75 Å². The van der Waals surface area contributed by atoms with Gasteiger partial charge < -0.3 is 15.5 Å². The Morgan fingerprint density at radius 1 is 1.00 bits per heavy atom. The highest BCUT2D eigenvalue weighted by atomic mass is 32.1. The molecule has 0 spiro atoms. The molecule has 9 heteroatoms. The molecule has 150 valence electrons. The van der Waals surface area contributed by atoms with Crippen LogP contribution in [-0.4, -0.2) is 22.1 Å². The molecule has 5 nitrogen and oxygen atoms in total. The molecule has 0 saturated carbocycles. The van der Waals surface area contributed by atoms with E-state index in [9.17, 15) is 33.0 Å². The Morgan fingerprint density at radius 2 is 1.69 bits per heavy atom. The maximum Gasteiger partial charge on any atom is 0.339 e. The van der Waals surface area contributed by atoms with Gasteiger partial charge in [0.2, 0.25) is 0 Å². The van der Waals surface area contributed by atoms with E-state index in [1.54, 1.807) is 0 Å². The van der Waals surface area contributed by atoms with E-state index in [-0.39, 0.29) is 27.3 Å². The second kappa shape index (κ2) is 7.59. The van der Waals surface area contributed by atoms with Gasteiger partial charge in [-0.2, -0.15) is 0 Å². The Morgan fingerprint density at radius 3 is 2.34 bits per heavy atom. The third-order valence-electron chi connectivity index (χ3n) is 4.32. The number of carboxylic acid groups (broad SMARTS) is 1. The van der Waals surface area contributed by atoms with Gasteiger partial charge in [0.1, 0.15) is 22.1 Å². The van der Waals surface area contributed by atoms with Crippen molar-refractivity contribution in [3.63, 3.8) is 0 Å². The standard InChI is InChI=1S/C20H14F3NO4S/c1-8-3-4-10(17(23)16(8)22)12-7-29-19(15(12)20(27)28)24-18(26)11-6-13(21)9(2)5-14(11)25/h3-7,25H,1-2H3,(H,24,26)(H,27,28). The molecule has 1 amide bonds. The van der Waals surface area contributed by atoms with Crippen molar-refractivity contribution in [1.82, 2.24) is 0 Å². The van der Waals surface area contributed by atoms with Crippen molar-refractivity contribution in [3.8, 4) is 16.9 Å². The van der Waals surface area contributed by atoms with E-state index in [1.807, 2.05) is 0 Å². The third-order valence-corrected chi connectivity index (χ3v) is 5.21. The number of aromatic carboxylic acids is 1. The van der Waals surface area contributed by atoms with Crippen LogP contribution >= 0.6 is 11.3 Å². The van der Waals surface area contributed by atoms with Crippen LogP contribution in [0, 0.1) is 31.3 Å². The minimum atomic E-state index is -1.48. The van der Waals surface area contributed by atoms with E-state index < -0.39 is 46.2 Å². The van der Waals surface area contributed by atoms with Crippen LogP contribution in [-0.2, 0) is 0 Å². The number of aromatic hydroxyl groups is 1. The summed E-state index contributed by atoms with van der Waals surface area (Å²) in [6.45, 7) is 2.77. The lowest BCUT2D eigenvalue weighted by atomic mass is 10.0. The highest BCUT2D eigenvalue weighted by Gasteiger charge is 2.25. The molecule has 0 atom stereocenters. The quantitative estimate of drug-likeness (QED) is 0.547. The van der Waals surface area contributed by atoms with Crippen molar-refractivity contribution >= 4 is 28.2 Å². The Balaban J connectivity index is 2.05. The monoisotopic (exact) mass is 421 g/mol. The van der Waals surface area contributed by atoms with Crippen molar-refractivity contribution in [1.29, 1.82) is 0 Å². The van der Waals surface area contributed by atoms with Crippen molar-refractivity contribution in [2.45, 2.75) is 13.8 Å².